The van der Waals surface area contributed by atoms with E-state index in [0.717, 1.165) is 4.31 Å². The van der Waals surface area contributed by atoms with Crippen LogP contribution >= 0.6 is 0 Å². The number of hydrogen-bond donors (Lipinski definition) is 1. The first-order chi connectivity index (χ1) is 10.0. The molecule has 0 aromatic heterocycles. The van der Waals surface area contributed by atoms with Crippen molar-refractivity contribution in [2.75, 3.05) is 26.7 Å². The van der Waals surface area contributed by atoms with Crippen LogP contribution in [0.3, 0.4) is 0 Å². The van der Waals surface area contributed by atoms with Crippen molar-refractivity contribution in [3.05, 3.63) is 29.8 Å². The topological polar surface area (TPSA) is 99.5 Å². The number of esters is 1. The molecule has 1 aliphatic rings. The van der Waals surface area contributed by atoms with Crippen LogP contribution in [0.2, 0.25) is 0 Å². The van der Waals surface area contributed by atoms with E-state index in [4.69, 9.17) is 5.26 Å². The summed E-state index contributed by atoms with van der Waals surface area (Å²) in [4.78, 5) is 11.6. The monoisotopic (exact) mass is 309 g/mol. The maximum absolute atomic E-state index is 12.7. The van der Waals surface area contributed by atoms with Crippen LogP contribution in [-0.2, 0) is 14.8 Å². The molecule has 21 heavy (non-hydrogen) atoms. The Morgan fingerprint density at radius 3 is 2.86 bits per heavy atom. The van der Waals surface area contributed by atoms with Crippen molar-refractivity contribution in [1.82, 2.24) is 9.62 Å². The molecule has 1 atom stereocenters. The minimum atomic E-state index is -3.94. The predicted molar refractivity (Wildman–Crippen MR) is 73.9 cm³/mol. The minimum Gasteiger partial charge on any atom is -0.465 e. The van der Waals surface area contributed by atoms with E-state index in [2.05, 4.69) is 10.1 Å². The van der Waals surface area contributed by atoms with Gasteiger partial charge in [-0.25, -0.2) is 13.2 Å². The Kier molecular flexibility index (Phi) is 4.57. The number of sulfonamides is 1. The maximum atomic E-state index is 12.7. The SMILES string of the molecule is COC(=O)c1ccccc1S(=O)(=O)N1CCNCC1C#N. The van der Waals surface area contributed by atoms with Gasteiger partial charge in [-0.15, -0.1) is 0 Å². The van der Waals surface area contributed by atoms with E-state index in [-0.39, 0.29) is 23.5 Å². The molecule has 1 unspecified atom stereocenters. The Bertz CT molecular complexity index is 681. The van der Waals surface area contributed by atoms with E-state index in [1.165, 1.54) is 25.3 Å². The summed E-state index contributed by atoms with van der Waals surface area (Å²) in [7, 11) is -2.75. The van der Waals surface area contributed by atoms with Gasteiger partial charge in [0.2, 0.25) is 10.0 Å². The second-order valence-corrected chi connectivity index (χ2v) is 6.31. The molecule has 0 amide bonds. The van der Waals surface area contributed by atoms with E-state index in [9.17, 15) is 13.2 Å². The Hall–Kier alpha value is -1.95. The first-order valence-electron chi connectivity index (χ1n) is 6.32. The summed E-state index contributed by atoms with van der Waals surface area (Å²) in [5.74, 6) is -0.724. The fourth-order valence-electron chi connectivity index (χ4n) is 2.18. The standard InChI is InChI=1S/C13H15N3O4S/c1-20-13(17)11-4-2-3-5-12(11)21(18,19)16-7-6-15-9-10(16)8-14/h2-5,10,15H,6-7,9H2,1H3. The van der Waals surface area contributed by atoms with Crippen LogP contribution in [0.5, 0.6) is 0 Å². The second kappa shape index (κ2) is 6.22. The highest BCUT2D eigenvalue weighted by molar-refractivity contribution is 7.89. The molecule has 1 aromatic rings. The summed E-state index contributed by atoms with van der Waals surface area (Å²) < 4.78 is 31.2. The fourth-order valence-corrected chi connectivity index (χ4v) is 3.90. The van der Waals surface area contributed by atoms with Crippen LogP contribution in [0.4, 0.5) is 0 Å². The Morgan fingerprint density at radius 1 is 1.48 bits per heavy atom. The van der Waals surface area contributed by atoms with Gasteiger partial charge in [0.05, 0.1) is 23.6 Å². The lowest BCUT2D eigenvalue weighted by molar-refractivity contribution is 0.0596. The number of nitrogens with zero attached hydrogens (tertiary/aromatic N) is 2. The lowest BCUT2D eigenvalue weighted by atomic mass is 10.2. The predicted octanol–water partition coefficient (Wildman–Crippen LogP) is -0.0407. The Labute approximate surface area is 123 Å². The van der Waals surface area contributed by atoms with E-state index >= 15 is 0 Å². The lowest BCUT2D eigenvalue weighted by Crippen LogP contribution is -2.53. The molecular formula is C13H15N3O4S. The summed E-state index contributed by atoms with van der Waals surface area (Å²) in [6.07, 6.45) is 0. The highest BCUT2D eigenvalue weighted by Gasteiger charge is 2.35. The molecule has 112 valence electrons. The van der Waals surface area contributed by atoms with Crippen LogP contribution in [-0.4, -0.2) is 51.5 Å². The molecule has 7 nitrogen and oxygen atoms in total. The average molecular weight is 309 g/mol. The molecule has 0 bridgehead atoms. The first-order valence-corrected chi connectivity index (χ1v) is 7.76. The zero-order valence-electron chi connectivity index (χ0n) is 11.4. The molecule has 0 spiro atoms. The molecule has 0 aliphatic carbocycles. The van der Waals surface area contributed by atoms with Gasteiger partial charge < -0.3 is 10.1 Å². The van der Waals surface area contributed by atoms with E-state index in [0.29, 0.717) is 6.54 Å². The summed E-state index contributed by atoms with van der Waals surface area (Å²) >= 11 is 0. The van der Waals surface area contributed by atoms with Crippen molar-refractivity contribution in [3.8, 4) is 6.07 Å². The van der Waals surface area contributed by atoms with Crippen molar-refractivity contribution < 1.29 is 17.9 Å². The first kappa shape index (κ1) is 15.4. The zero-order valence-corrected chi connectivity index (χ0v) is 12.3. The molecule has 2 rings (SSSR count). The maximum Gasteiger partial charge on any atom is 0.339 e. The number of nitriles is 1. The van der Waals surface area contributed by atoms with Crippen molar-refractivity contribution in [3.63, 3.8) is 0 Å². The van der Waals surface area contributed by atoms with Gasteiger partial charge in [0.15, 0.2) is 0 Å². The second-order valence-electron chi connectivity index (χ2n) is 4.45. The van der Waals surface area contributed by atoms with Crippen molar-refractivity contribution >= 4 is 16.0 Å². The molecule has 1 heterocycles. The molecular weight excluding hydrogens is 294 g/mol. The largest absolute Gasteiger partial charge is 0.465 e. The molecule has 1 aromatic carbocycles. The van der Waals surface area contributed by atoms with Crippen molar-refractivity contribution in [2.24, 2.45) is 0 Å². The summed E-state index contributed by atoms with van der Waals surface area (Å²) in [5.41, 5.74) is -0.0322. The smallest absolute Gasteiger partial charge is 0.339 e. The van der Waals surface area contributed by atoms with E-state index in [1.54, 1.807) is 6.07 Å². The van der Waals surface area contributed by atoms with Crippen LogP contribution in [0, 0.1) is 11.3 Å². The van der Waals surface area contributed by atoms with Gasteiger partial charge in [-0.2, -0.15) is 9.57 Å². The summed E-state index contributed by atoms with van der Waals surface area (Å²) in [5, 5.41) is 12.1. The molecule has 0 radical (unpaired) electrons. The van der Waals surface area contributed by atoms with Crippen molar-refractivity contribution in [1.29, 1.82) is 5.26 Å². The van der Waals surface area contributed by atoms with Crippen LogP contribution in [0.15, 0.2) is 29.2 Å². The van der Waals surface area contributed by atoms with E-state index in [1.807, 2.05) is 6.07 Å². The highest BCUT2D eigenvalue weighted by Crippen LogP contribution is 2.23. The van der Waals surface area contributed by atoms with Gasteiger partial charge >= 0.3 is 5.97 Å². The third-order valence-corrected chi connectivity index (χ3v) is 5.19. The number of ether oxygens (including phenoxy) is 1. The number of carbonyl (C=O) groups excluding carboxylic acids is 1. The van der Waals surface area contributed by atoms with Crippen LogP contribution < -0.4 is 5.32 Å². The van der Waals surface area contributed by atoms with Crippen molar-refractivity contribution in [2.45, 2.75) is 10.9 Å². The molecule has 1 aliphatic heterocycles. The molecule has 0 saturated carbocycles. The summed E-state index contributed by atoms with van der Waals surface area (Å²) in [6.45, 7) is 0.893. The normalized spacial score (nSPS) is 19.7. The van der Waals surface area contributed by atoms with Gasteiger partial charge in [-0.3, -0.25) is 0 Å². The zero-order chi connectivity index (χ0) is 15.5. The third kappa shape index (κ3) is 2.90. The lowest BCUT2D eigenvalue weighted by Gasteiger charge is -2.31. The van der Waals surface area contributed by atoms with Gasteiger partial charge in [0, 0.05) is 19.6 Å². The number of benzene rings is 1. The number of carbonyl (C=O) groups is 1. The number of hydrogen-bond acceptors (Lipinski definition) is 6. The Morgan fingerprint density at radius 2 is 2.19 bits per heavy atom. The van der Waals surface area contributed by atoms with Crippen LogP contribution in [0.25, 0.3) is 0 Å². The quantitative estimate of drug-likeness (QED) is 0.787. The van der Waals surface area contributed by atoms with Gasteiger partial charge in [0.25, 0.3) is 0 Å². The molecule has 1 fully saturated rings. The number of rotatable bonds is 3. The molecule has 8 heteroatoms. The van der Waals surface area contributed by atoms with Crippen LogP contribution in [0.1, 0.15) is 10.4 Å². The van der Waals surface area contributed by atoms with Gasteiger partial charge in [-0.1, -0.05) is 12.1 Å². The summed E-state index contributed by atoms with van der Waals surface area (Å²) in [6, 6.07) is 6.99. The molecule has 1 N–H and O–H groups in total. The number of methoxy groups -OCH3 is 1. The minimum absolute atomic E-state index is 0.0322. The van der Waals surface area contributed by atoms with Gasteiger partial charge in [-0.05, 0) is 12.1 Å². The molecule has 1 saturated heterocycles. The fraction of sp³-hybridized carbons (Fsp3) is 0.385. The van der Waals surface area contributed by atoms with E-state index < -0.39 is 22.0 Å². The third-order valence-electron chi connectivity index (χ3n) is 3.22. The highest BCUT2D eigenvalue weighted by atomic mass is 32.2. The Balaban J connectivity index is 2.49. The average Bonchev–Trinajstić information content (AvgIpc) is 2.54. The van der Waals surface area contributed by atoms with Gasteiger partial charge in [0.1, 0.15) is 6.04 Å². The number of piperazine rings is 1. The number of nitrogens with one attached hydrogen (secondary N) is 1.